The van der Waals surface area contributed by atoms with Gasteiger partial charge in [-0.15, -0.1) is 0 Å². The number of ether oxygens (including phenoxy) is 2. The fourth-order valence-corrected chi connectivity index (χ4v) is 5.90. The lowest BCUT2D eigenvalue weighted by atomic mass is 10.1. The first kappa shape index (κ1) is 32.9. The van der Waals surface area contributed by atoms with Gasteiger partial charge in [-0.3, -0.25) is 4.98 Å². The number of anilines is 2. The topological polar surface area (TPSA) is 101 Å². The average Bonchev–Trinajstić information content (AvgIpc) is 3.54. The Morgan fingerprint density at radius 2 is 1.62 bits per heavy atom. The molecule has 1 fully saturated rings. The maximum absolute atomic E-state index is 9.08. The summed E-state index contributed by atoms with van der Waals surface area (Å²) in [7, 11) is 3.35. The van der Waals surface area contributed by atoms with Crippen molar-refractivity contribution in [1.82, 2.24) is 35.5 Å². The van der Waals surface area contributed by atoms with Crippen LogP contribution in [0.2, 0.25) is 0 Å². The highest BCUT2D eigenvalue weighted by atomic mass is 16.5. The fourth-order valence-electron chi connectivity index (χ4n) is 5.90. The molecule has 0 bridgehead atoms. The van der Waals surface area contributed by atoms with Gasteiger partial charge < -0.3 is 39.6 Å². The minimum absolute atomic E-state index is 0.278. The normalized spacial score (nSPS) is 16.0. The Bertz CT molecular complexity index is 1390. The Labute approximate surface area is 267 Å². The van der Waals surface area contributed by atoms with Gasteiger partial charge in [0.2, 0.25) is 0 Å². The van der Waals surface area contributed by atoms with Gasteiger partial charge in [-0.2, -0.15) is 0 Å². The molecular formula is C34H50N8O3. The maximum Gasteiger partial charge on any atom is 0.124 e. The van der Waals surface area contributed by atoms with E-state index in [1.54, 1.807) is 14.2 Å². The van der Waals surface area contributed by atoms with Gasteiger partial charge in [-0.1, -0.05) is 13.8 Å². The Balaban J connectivity index is 1.26. The zero-order valence-corrected chi connectivity index (χ0v) is 27.3. The van der Waals surface area contributed by atoms with E-state index in [-0.39, 0.29) is 6.61 Å². The van der Waals surface area contributed by atoms with E-state index in [0.29, 0.717) is 6.04 Å². The summed E-state index contributed by atoms with van der Waals surface area (Å²) in [5, 5.41) is 14.8. The third-order valence-corrected chi connectivity index (χ3v) is 8.46. The van der Waals surface area contributed by atoms with Crippen molar-refractivity contribution < 1.29 is 14.6 Å². The van der Waals surface area contributed by atoms with Crippen LogP contribution in [0.5, 0.6) is 11.5 Å². The number of hydrogen-bond donors (Lipinski definition) is 3. The minimum Gasteiger partial charge on any atom is -0.497 e. The van der Waals surface area contributed by atoms with E-state index in [4.69, 9.17) is 24.5 Å². The van der Waals surface area contributed by atoms with Crippen molar-refractivity contribution in [3.8, 4) is 11.5 Å². The second kappa shape index (κ2) is 16.2. The lowest BCUT2D eigenvalue weighted by molar-refractivity contribution is 0.120. The third-order valence-electron chi connectivity index (χ3n) is 8.46. The average molecular weight is 619 g/mol. The molecular weight excluding hydrogens is 568 g/mol. The Hall–Kier alpha value is -3.48. The quantitative estimate of drug-likeness (QED) is 0.220. The predicted molar refractivity (Wildman–Crippen MR) is 181 cm³/mol. The molecule has 2 aliphatic heterocycles. The molecule has 0 saturated carbocycles. The SMILES string of the molecule is COc1cc(OC)cc(N(CCNC(C)C)c2ccc3ncc(C4=CN(CCCN5CCN(CCCO)CC5)NC4)nc3c2)c1. The number of piperazine rings is 1. The first-order valence-corrected chi connectivity index (χ1v) is 16.2. The molecule has 0 spiro atoms. The number of benzene rings is 2. The van der Waals surface area contributed by atoms with Crippen LogP contribution in [-0.2, 0) is 0 Å². The lowest BCUT2D eigenvalue weighted by Gasteiger charge is -2.34. The summed E-state index contributed by atoms with van der Waals surface area (Å²) in [4.78, 5) is 17.1. The summed E-state index contributed by atoms with van der Waals surface area (Å²) in [5.41, 5.74) is 9.29. The van der Waals surface area contributed by atoms with Crippen molar-refractivity contribution in [2.45, 2.75) is 32.7 Å². The van der Waals surface area contributed by atoms with E-state index >= 15 is 0 Å². The van der Waals surface area contributed by atoms with Crippen molar-refractivity contribution >= 4 is 28.0 Å². The highest BCUT2D eigenvalue weighted by molar-refractivity contribution is 5.82. The first-order valence-electron chi connectivity index (χ1n) is 16.2. The molecule has 2 aromatic carbocycles. The molecule has 1 saturated heterocycles. The Morgan fingerprint density at radius 3 is 2.29 bits per heavy atom. The van der Waals surface area contributed by atoms with Crippen LogP contribution in [-0.4, -0.2) is 122 Å². The van der Waals surface area contributed by atoms with E-state index in [0.717, 1.165) is 123 Å². The van der Waals surface area contributed by atoms with Crippen LogP contribution < -0.4 is 25.1 Å². The number of aliphatic hydroxyl groups is 1. The highest BCUT2D eigenvalue weighted by Crippen LogP contribution is 2.34. The number of aromatic nitrogens is 2. The fraction of sp³-hybridized carbons (Fsp3) is 0.529. The number of hydrazine groups is 1. The zero-order chi connectivity index (χ0) is 31.6. The first-order chi connectivity index (χ1) is 21.9. The van der Waals surface area contributed by atoms with Crippen LogP contribution in [0.1, 0.15) is 32.4 Å². The summed E-state index contributed by atoms with van der Waals surface area (Å²) in [6.45, 7) is 14.3. The zero-order valence-electron chi connectivity index (χ0n) is 27.3. The smallest absolute Gasteiger partial charge is 0.124 e. The second-order valence-corrected chi connectivity index (χ2v) is 12.1. The van der Waals surface area contributed by atoms with Crippen LogP contribution in [0.4, 0.5) is 11.4 Å². The van der Waals surface area contributed by atoms with Gasteiger partial charge in [0.15, 0.2) is 0 Å². The number of methoxy groups -OCH3 is 2. The van der Waals surface area contributed by atoms with Gasteiger partial charge >= 0.3 is 0 Å². The van der Waals surface area contributed by atoms with Crippen molar-refractivity contribution in [3.63, 3.8) is 0 Å². The largest absolute Gasteiger partial charge is 0.497 e. The molecule has 0 atom stereocenters. The monoisotopic (exact) mass is 618 g/mol. The number of hydrogen-bond acceptors (Lipinski definition) is 11. The number of nitrogens with one attached hydrogen (secondary N) is 2. The van der Waals surface area contributed by atoms with Gasteiger partial charge in [-0.05, 0) is 37.6 Å². The number of nitrogens with zero attached hydrogens (tertiary/aromatic N) is 6. The van der Waals surface area contributed by atoms with Gasteiger partial charge in [0.05, 0.1) is 37.1 Å². The molecule has 11 nitrogen and oxygen atoms in total. The molecule has 2 aliphatic rings. The van der Waals surface area contributed by atoms with Gasteiger partial charge in [0.1, 0.15) is 11.5 Å². The molecule has 5 rings (SSSR count). The number of fused-ring (bicyclic) bond motifs is 1. The summed E-state index contributed by atoms with van der Waals surface area (Å²) in [5.74, 6) is 1.49. The van der Waals surface area contributed by atoms with Gasteiger partial charge in [0.25, 0.3) is 0 Å². The molecule has 0 unspecified atom stereocenters. The molecule has 3 heterocycles. The predicted octanol–water partition coefficient (Wildman–Crippen LogP) is 3.33. The van der Waals surface area contributed by atoms with Crippen LogP contribution in [0.15, 0.2) is 48.8 Å². The summed E-state index contributed by atoms with van der Waals surface area (Å²) in [6, 6.07) is 12.6. The molecule has 3 N–H and O–H groups in total. The summed E-state index contributed by atoms with van der Waals surface area (Å²) in [6.07, 6.45) is 6.02. The lowest BCUT2D eigenvalue weighted by Crippen LogP contribution is -2.47. The second-order valence-electron chi connectivity index (χ2n) is 12.1. The van der Waals surface area contributed by atoms with Crippen molar-refractivity contribution in [1.29, 1.82) is 0 Å². The van der Waals surface area contributed by atoms with Gasteiger partial charge in [0, 0.05) is 113 Å². The number of aliphatic hydroxyl groups excluding tert-OH is 1. The van der Waals surface area contributed by atoms with E-state index in [2.05, 4.69) is 62.6 Å². The number of rotatable bonds is 16. The van der Waals surface area contributed by atoms with Crippen LogP contribution in [0, 0.1) is 0 Å². The van der Waals surface area contributed by atoms with E-state index < -0.39 is 0 Å². The van der Waals surface area contributed by atoms with Crippen LogP contribution >= 0.6 is 0 Å². The van der Waals surface area contributed by atoms with Crippen molar-refractivity contribution in [2.75, 3.05) is 91.2 Å². The Kier molecular flexibility index (Phi) is 11.8. The van der Waals surface area contributed by atoms with Gasteiger partial charge in [-0.25, -0.2) is 10.4 Å². The molecule has 0 amide bonds. The molecule has 3 aromatic rings. The minimum atomic E-state index is 0.278. The molecule has 244 valence electrons. The van der Waals surface area contributed by atoms with Crippen LogP contribution in [0.3, 0.4) is 0 Å². The van der Waals surface area contributed by atoms with Crippen LogP contribution in [0.25, 0.3) is 16.6 Å². The third kappa shape index (κ3) is 9.05. The molecule has 1 aromatic heterocycles. The molecule has 0 aliphatic carbocycles. The maximum atomic E-state index is 9.08. The standard InChI is InChI=1S/C34H50N8O3/c1-26(2)35-9-13-42(29-19-30(44-3)22-31(20-29)45-4)28-7-8-32-33(21-28)38-34(24-36-32)27-23-37-41(25-27)12-5-10-39-14-16-40(17-15-39)11-6-18-43/h7-8,19-22,24-26,35,37,43H,5-6,9-18,23H2,1-4H3. The highest BCUT2D eigenvalue weighted by Gasteiger charge is 2.19. The Morgan fingerprint density at radius 1 is 0.911 bits per heavy atom. The molecule has 45 heavy (non-hydrogen) atoms. The van der Waals surface area contributed by atoms with E-state index in [1.165, 1.54) is 0 Å². The van der Waals surface area contributed by atoms with E-state index in [1.807, 2.05) is 30.5 Å². The molecule has 11 heteroatoms. The van der Waals surface area contributed by atoms with E-state index in [9.17, 15) is 0 Å². The van der Waals surface area contributed by atoms with Crippen molar-refractivity contribution in [2.24, 2.45) is 0 Å². The summed E-state index contributed by atoms with van der Waals surface area (Å²) >= 11 is 0. The molecule has 0 radical (unpaired) electrons. The van der Waals surface area contributed by atoms with Crippen molar-refractivity contribution in [3.05, 3.63) is 54.5 Å². The summed E-state index contributed by atoms with van der Waals surface area (Å²) < 4.78 is 11.2.